The number of carbonyl (C=O) groups is 2. The summed E-state index contributed by atoms with van der Waals surface area (Å²) in [5, 5.41) is 2.81. The summed E-state index contributed by atoms with van der Waals surface area (Å²) in [5.74, 6) is -0.536. The second-order valence-electron chi connectivity index (χ2n) is 7.60. The summed E-state index contributed by atoms with van der Waals surface area (Å²) in [7, 11) is 1.70. The van der Waals surface area contributed by atoms with Crippen LogP contribution >= 0.6 is 0 Å². The largest absolute Gasteiger partial charge is 0.337 e. The van der Waals surface area contributed by atoms with Crippen molar-refractivity contribution >= 4 is 11.8 Å². The highest BCUT2D eigenvalue weighted by molar-refractivity contribution is 6.03. The van der Waals surface area contributed by atoms with Gasteiger partial charge in [0.05, 0.1) is 0 Å². The Balaban J connectivity index is 1.74. The quantitative estimate of drug-likeness (QED) is 0.527. The van der Waals surface area contributed by atoms with E-state index in [1.807, 2.05) is 18.2 Å². The Labute approximate surface area is 184 Å². The summed E-state index contributed by atoms with van der Waals surface area (Å²) < 4.78 is 0. The molecule has 1 heterocycles. The molecule has 2 aromatic carbocycles. The Kier molecular flexibility index (Phi) is 7.96. The summed E-state index contributed by atoms with van der Waals surface area (Å²) >= 11 is 0. The number of benzene rings is 2. The molecule has 2 amide bonds. The van der Waals surface area contributed by atoms with E-state index in [1.165, 1.54) is 10.5 Å². The number of carbonyl (C=O) groups excluding carboxylic acids is 2. The Morgan fingerprint density at radius 2 is 1.77 bits per heavy atom. The van der Waals surface area contributed by atoms with Crippen molar-refractivity contribution in [3.05, 3.63) is 108 Å². The Morgan fingerprint density at radius 3 is 2.39 bits per heavy atom. The van der Waals surface area contributed by atoms with Crippen LogP contribution in [0.4, 0.5) is 0 Å². The maximum atomic E-state index is 12.9. The van der Waals surface area contributed by atoms with Crippen LogP contribution in [0.25, 0.3) is 0 Å². The monoisotopic (exact) mass is 415 g/mol. The molecule has 1 N–H and O–H groups in total. The first kappa shape index (κ1) is 22.2. The van der Waals surface area contributed by atoms with Gasteiger partial charge in [0.25, 0.3) is 11.8 Å². The van der Waals surface area contributed by atoms with Crippen LogP contribution in [0.15, 0.2) is 96.7 Å². The zero-order valence-electron chi connectivity index (χ0n) is 18.0. The summed E-state index contributed by atoms with van der Waals surface area (Å²) in [5.41, 5.74) is 3.13. The van der Waals surface area contributed by atoms with E-state index < -0.39 is 0 Å². The number of hydrogen-bond acceptors (Lipinski definition) is 3. The molecular formula is C26H29N3O2. The molecule has 0 unspecified atom stereocenters. The minimum absolute atomic E-state index is 0.239. The number of hydrogen-bond donors (Lipinski definition) is 1. The number of amides is 2. The van der Waals surface area contributed by atoms with Crippen LogP contribution in [0.5, 0.6) is 0 Å². The number of likely N-dealkylation sites (N-methyl/N-ethyl adjacent to an activating group) is 1. The average Bonchev–Trinajstić information content (AvgIpc) is 2.80. The minimum atomic E-state index is -0.297. The molecular weight excluding hydrogens is 386 g/mol. The van der Waals surface area contributed by atoms with Crippen LogP contribution < -0.4 is 5.32 Å². The lowest BCUT2D eigenvalue weighted by atomic mass is 10.1. The molecule has 0 spiro atoms. The molecule has 0 fully saturated rings. The standard InChI is InChI=1S/C26H29N3O2/c1-3-16-28(2)26(31)24(27-25(30)23-12-8-5-9-13-23)19-21-14-17-29(18-15-21)20-22-10-6-4-7-11-22/h3-14,19H,1,15-18,20H2,2H3,(H,27,30)/b24-19-. The van der Waals surface area contributed by atoms with Crippen LogP contribution in [-0.2, 0) is 11.3 Å². The van der Waals surface area contributed by atoms with E-state index in [0.29, 0.717) is 12.1 Å². The van der Waals surface area contributed by atoms with Gasteiger partial charge in [0.1, 0.15) is 5.70 Å². The zero-order chi connectivity index (χ0) is 22.1. The second kappa shape index (κ2) is 11.1. The van der Waals surface area contributed by atoms with Crippen molar-refractivity contribution < 1.29 is 9.59 Å². The highest BCUT2D eigenvalue weighted by Crippen LogP contribution is 2.17. The number of nitrogens with zero attached hydrogens (tertiary/aromatic N) is 2. The van der Waals surface area contributed by atoms with Crippen LogP contribution in [0.1, 0.15) is 22.3 Å². The van der Waals surface area contributed by atoms with Gasteiger partial charge in [-0.2, -0.15) is 0 Å². The molecule has 2 aromatic rings. The van der Waals surface area contributed by atoms with Gasteiger partial charge in [-0.3, -0.25) is 14.5 Å². The molecule has 1 aliphatic heterocycles. The smallest absolute Gasteiger partial charge is 0.270 e. The summed E-state index contributed by atoms with van der Waals surface area (Å²) in [6.07, 6.45) is 6.41. The normalized spacial score (nSPS) is 14.5. The predicted molar refractivity (Wildman–Crippen MR) is 124 cm³/mol. The van der Waals surface area contributed by atoms with Gasteiger partial charge >= 0.3 is 0 Å². The van der Waals surface area contributed by atoms with Crippen molar-refractivity contribution in [3.63, 3.8) is 0 Å². The van der Waals surface area contributed by atoms with Crippen molar-refractivity contribution in [2.45, 2.75) is 13.0 Å². The molecule has 5 heteroatoms. The SMILES string of the molecule is C=CCN(C)C(=O)/C(=C/C1=CCN(Cc2ccccc2)CC1)NC(=O)c1ccccc1. The van der Waals surface area contributed by atoms with Crippen LogP contribution in [0, 0.1) is 0 Å². The van der Waals surface area contributed by atoms with Crippen molar-refractivity contribution in [3.8, 4) is 0 Å². The minimum Gasteiger partial charge on any atom is -0.337 e. The fourth-order valence-electron chi connectivity index (χ4n) is 3.45. The van der Waals surface area contributed by atoms with Crippen molar-refractivity contribution in [2.24, 2.45) is 0 Å². The number of nitrogens with one attached hydrogen (secondary N) is 1. The van der Waals surface area contributed by atoms with Gasteiger partial charge in [-0.25, -0.2) is 0 Å². The molecule has 31 heavy (non-hydrogen) atoms. The highest BCUT2D eigenvalue weighted by Gasteiger charge is 2.19. The number of rotatable bonds is 8. The molecule has 0 radical (unpaired) electrons. The van der Waals surface area contributed by atoms with Gasteiger partial charge in [-0.05, 0) is 35.8 Å². The fourth-order valence-corrected chi connectivity index (χ4v) is 3.45. The topological polar surface area (TPSA) is 52.7 Å². The van der Waals surface area contributed by atoms with Crippen molar-refractivity contribution in [1.29, 1.82) is 0 Å². The van der Waals surface area contributed by atoms with E-state index in [1.54, 1.807) is 37.4 Å². The van der Waals surface area contributed by atoms with E-state index in [2.05, 4.69) is 47.1 Å². The fraction of sp³-hybridized carbons (Fsp3) is 0.231. The van der Waals surface area contributed by atoms with Crippen LogP contribution in [0.3, 0.4) is 0 Å². The third-order valence-corrected chi connectivity index (χ3v) is 5.17. The molecule has 3 rings (SSSR count). The van der Waals surface area contributed by atoms with Gasteiger partial charge in [-0.15, -0.1) is 6.58 Å². The first-order valence-corrected chi connectivity index (χ1v) is 10.5. The van der Waals surface area contributed by atoms with Gasteiger partial charge in [-0.1, -0.05) is 60.7 Å². The van der Waals surface area contributed by atoms with E-state index in [4.69, 9.17) is 0 Å². The predicted octanol–water partition coefficient (Wildman–Crippen LogP) is 3.78. The molecule has 5 nitrogen and oxygen atoms in total. The van der Waals surface area contributed by atoms with Crippen LogP contribution in [-0.4, -0.2) is 48.3 Å². The molecule has 0 saturated heterocycles. The maximum Gasteiger partial charge on any atom is 0.270 e. The lowest BCUT2D eigenvalue weighted by Gasteiger charge is -2.26. The summed E-state index contributed by atoms with van der Waals surface area (Å²) in [6, 6.07) is 19.3. The summed E-state index contributed by atoms with van der Waals surface area (Å²) in [6.45, 7) is 6.69. The van der Waals surface area contributed by atoms with Crippen molar-refractivity contribution in [2.75, 3.05) is 26.7 Å². The number of allylic oxidation sites excluding steroid dienone is 1. The summed E-state index contributed by atoms with van der Waals surface area (Å²) in [4.78, 5) is 29.5. The molecule has 0 aliphatic carbocycles. The zero-order valence-corrected chi connectivity index (χ0v) is 18.0. The van der Waals surface area contributed by atoms with E-state index in [-0.39, 0.29) is 17.5 Å². The highest BCUT2D eigenvalue weighted by atomic mass is 16.2. The Bertz CT molecular complexity index is 965. The third kappa shape index (κ3) is 6.52. The van der Waals surface area contributed by atoms with Crippen LogP contribution in [0.2, 0.25) is 0 Å². The molecule has 0 saturated carbocycles. The lowest BCUT2D eigenvalue weighted by molar-refractivity contribution is -0.125. The maximum absolute atomic E-state index is 12.9. The Hall–Kier alpha value is -3.44. The van der Waals surface area contributed by atoms with Gasteiger partial charge in [0.15, 0.2) is 0 Å². The van der Waals surface area contributed by atoms with E-state index in [9.17, 15) is 9.59 Å². The first-order chi connectivity index (χ1) is 15.1. The van der Waals surface area contributed by atoms with Crippen molar-refractivity contribution in [1.82, 2.24) is 15.1 Å². The van der Waals surface area contributed by atoms with Gasteiger partial charge in [0, 0.05) is 38.8 Å². The molecule has 0 atom stereocenters. The second-order valence-corrected chi connectivity index (χ2v) is 7.60. The molecule has 0 bridgehead atoms. The lowest BCUT2D eigenvalue weighted by Crippen LogP contribution is -2.36. The van der Waals surface area contributed by atoms with E-state index in [0.717, 1.165) is 31.6 Å². The average molecular weight is 416 g/mol. The van der Waals surface area contributed by atoms with E-state index >= 15 is 0 Å². The molecule has 0 aromatic heterocycles. The Morgan fingerprint density at radius 1 is 1.10 bits per heavy atom. The molecule has 1 aliphatic rings. The van der Waals surface area contributed by atoms with Gasteiger partial charge < -0.3 is 10.2 Å². The van der Waals surface area contributed by atoms with Gasteiger partial charge in [0.2, 0.25) is 0 Å². The third-order valence-electron chi connectivity index (χ3n) is 5.17. The molecule has 160 valence electrons. The first-order valence-electron chi connectivity index (χ1n) is 10.5.